The molecule has 2 heteroatoms. The van der Waals surface area contributed by atoms with E-state index in [1.165, 1.54) is 24.9 Å². The van der Waals surface area contributed by atoms with Crippen LogP contribution in [-0.2, 0) is 0 Å². The van der Waals surface area contributed by atoms with Crippen LogP contribution in [0.25, 0.3) is 0 Å². The molecule has 0 atom stereocenters. The number of hydrogen-bond donors (Lipinski definition) is 0. The minimum atomic E-state index is 1.23. The first kappa shape index (κ1) is 8.41. The van der Waals surface area contributed by atoms with Crippen molar-refractivity contribution in [1.29, 1.82) is 0 Å². The van der Waals surface area contributed by atoms with Crippen LogP contribution >= 0.6 is 11.6 Å². The lowest BCUT2D eigenvalue weighted by Gasteiger charge is -1.92. The summed E-state index contributed by atoms with van der Waals surface area (Å²) in [6, 6.07) is 0. The molecule has 0 heterocycles. The minimum Gasteiger partial charge on any atom is -0.218 e. The fourth-order valence-electron chi connectivity index (χ4n) is 0.489. The Bertz CT molecular complexity index is 33.5. The van der Waals surface area contributed by atoms with Crippen LogP contribution in [-0.4, -0.2) is 12.3 Å². The third-order valence-electron chi connectivity index (χ3n) is 0.960. The van der Waals surface area contributed by atoms with Gasteiger partial charge in [-0.05, 0) is 5.75 Å². The molecule has 0 unspecified atom stereocenters. The maximum Gasteiger partial charge on any atom is 0.191 e. The van der Waals surface area contributed by atoms with Crippen molar-refractivity contribution in [2.45, 2.75) is 33.0 Å². The van der Waals surface area contributed by atoms with Gasteiger partial charge in [0.1, 0.15) is 0 Å². The van der Waals surface area contributed by atoms with Crippen molar-refractivity contribution in [2.24, 2.45) is 0 Å². The predicted octanol–water partition coefficient (Wildman–Crippen LogP) is 2.58. The van der Waals surface area contributed by atoms with Crippen LogP contribution in [0, 0.1) is 0 Å². The zero-order chi connectivity index (χ0) is 6.24. The fraction of sp³-hybridized carbons (Fsp3) is 1.00. The summed E-state index contributed by atoms with van der Waals surface area (Å²) in [4.78, 5) is 0. The summed E-state index contributed by atoms with van der Waals surface area (Å²) < 4.78 is 0. The van der Waals surface area contributed by atoms with Gasteiger partial charge in [0.05, 0.1) is 0 Å². The summed E-state index contributed by atoms with van der Waals surface area (Å²) in [7, 11) is 0. The summed E-state index contributed by atoms with van der Waals surface area (Å²) in [6.07, 6.45) is 3.96. The highest BCUT2D eigenvalue weighted by Gasteiger charge is 1.86. The number of hydrogen-bond acceptors (Lipinski definition) is 1. The third-order valence-corrected chi connectivity index (χ3v) is 1.76. The second-order valence-electron chi connectivity index (χ2n) is 1.76. The molecule has 0 N–H and O–H groups in total. The van der Waals surface area contributed by atoms with Crippen LogP contribution in [0.2, 0.25) is 6.32 Å². The first-order valence-corrected chi connectivity index (χ1v) is 4.40. The van der Waals surface area contributed by atoms with Gasteiger partial charge in [-0.3, -0.25) is 0 Å². The summed E-state index contributed by atoms with van der Waals surface area (Å²) >= 11 is 1.92. The van der Waals surface area contributed by atoms with Crippen molar-refractivity contribution >= 4 is 18.2 Å². The normalized spacial score (nSPS) is 9.25. The van der Waals surface area contributed by atoms with Gasteiger partial charge in [-0.15, -0.1) is 0 Å². The largest absolute Gasteiger partial charge is 0.218 e. The van der Waals surface area contributed by atoms with Crippen molar-refractivity contribution in [3.63, 3.8) is 0 Å². The maximum absolute atomic E-state index is 2.31. The van der Waals surface area contributed by atoms with Crippen molar-refractivity contribution < 1.29 is 0 Å². The topological polar surface area (TPSA) is 0 Å². The molecular weight excluding hydrogens is 115 g/mol. The Labute approximate surface area is 57.6 Å². The summed E-state index contributed by atoms with van der Waals surface area (Å²) in [5, 5.41) is 0. The van der Waals surface area contributed by atoms with Crippen LogP contribution in [0.3, 0.4) is 0 Å². The van der Waals surface area contributed by atoms with E-state index in [0.717, 1.165) is 0 Å². The Morgan fingerprint density at radius 3 is 2.62 bits per heavy atom. The van der Waals surface area contributed by atoms with E-state index >= 15 is 0 Å². The van der Waals surface area contributed by atoms with Crippen LogP contribution in [0.1, 0.15) is 26.7 Å². The van der Waals surface area contributed by atoms with Gasteiger partial charge in [0, 0.05) is 0 Å². The Balaban J connectivity index is 2.53. The van der Waals surface area contributed by atoms with Crippen LogP contribution in [0.15, 0.2) is 0 Å². The Kier molecular flexibility index (Phi) is 7.80. The fourth-order valence-corrected chi connectivity index (χ4v) is 1.06. The summed E-state index contributed by atoms with van der Waals surface area (Å²) in [5.74, 6) is 1.23. The molecule has 0 aromatic rings. The molecule has 0 amide bonds. The molecule has 0 nitrogen and oxygen atoms in total. The molecule has 0 aromatic carbocycles. The highest BCUT2D eigenvalue weighted by molar-refractivity contribution is 8.22. The second-order valence-corrected chi connectivity index (χ2v) is 3.01. The van der Waals surface area contributed by atoms with Gasteiger partial charge in [0.25, 0.3) is 0 Å². The van der Waals surface area contributed by atoms with Crippen molar-refractivity contribution in [2.75, 3.05) is 5.75 Å². The van der Waals surface area contributed by atoms with Crippen LogP contribution in [0.4, 0.5) is 0 Å². The highest BCUT2D eigenvalue weighted by atomic mass is 32.2. The molecule has 0 rings (SSSR count). The zero-order valence-electron chi connectivity index (χ0n) is 5.81. The average Bonchev–Trinajstić information content (AvgIpc) is 1.81. The molecule has 0 saturated heterocycles. The third kappa shape index (κ3) is 6.41. The molecule has 0 spiro atoms. The average molecular weight is 129 g/mol. The Hall–Kier alpha value is 0.415. The van der Waals surface area contributed by atoms with E-state index in [-0.39, 0.29) is 0 Å². The molecule has 8 heavy (non-hydrogen) atoms. The van der Waals surface area contributed by atoms with Gasteiger partial charge in [0.2, 0.25) is 0 Å². The molecule has 0 saturated carbocycles. The molecule has 1 radical (unpaired) electrons. The van der Waals surface area contributed by atoms with Gasteiger partial charge in [-0.1, -0.05) is 33.0 Å². The minimum absolute atomic E-state index is 1.23. The van der Waals surface area contributed by atoms with E-state index < -0.39 is 0 Å². The molecule has 0 aliphatic heterocycles. The van der Waals surface area contributed by atoms with E-state index in [2.05, 4.69) is 20.4 Å². The van der Waals surface area contributed by atoms with Crippen LogP contribution < -0.4 is 0 Å². The first-order chi connectivity index (χ1) is 3.91. The van der Waals surface area contributed by atoms with E-state index in [1.807, 2.05) is 11.6 Å². The maximum atomic E-state index is 2.31. The van der Waals surface area contributed by atoms with Gasteiger partial charge >= 0.3 is 0 Å². The Morgan fingerprint density at radius 2 is 2.12 bits per heavy atom. The molecule has 0 fully saturated rings. The van der Waals surface area contributed by atoms with E-state index in [4.69, 9.17) is 0 Å². The lowest BCUT2D eigenvalue weighted by Crippen LogP contribution is -1.82. The van der Waals surface area contributed by atoms with E-state index in [1.54, 1.807) is 0 Å². The lowest BCUT2D eigenvalue weighted by molar-refractivity contribution is 0.882. The number of rotatable bonds is 5. The standard InChI is InChI=1S/C6H14BS/c1-3-5-6-7-8-4-2/h3-6H2,1-2H3. The second kappa shape index (κ2) is 7.41. The molecular formula is C6H14BS. The summed E-state index contributed by atoms with van der Waals surface area (Å²) in [5.41, 5.74) is 0. The van der Waals surface area contributed by atoms with Gasteiger partial charge in [-0.2, -0.15) is 0 Å². The molecule has 47 valence electrons. The monoisotopic (exact) mass is 129 g/mol. The number of unbranched alkanes of at least 4 members (excludes halogenated alkanes) is 1. The molecule has 0 bridgehead atoms. The van der Waals surface area contributed by atoms with Crippen molar-refractivity contribution in [3.8, 4) is 0 Å². The van der Waals surface area contributed by atoms with Gasteiger partial charge in [-0.25, -0.2) is 11.6 Å². The van der Waals surface area contributed by atoms with Crippen molar-refractivity contribution in [1.82, 2.24) is 0 Å². The smallest absolute Gasteiger partial charge is 0.191 e. The van der Waals surface area contributed by atoms with Gasteiger partial charge < -0.3 is 0 Å². The van der Waals surface area contributed by atoms with Crippen molar-refractivity contribution in [3.05, 3.63) is 0 Å². The quantitative estimate of drug-likeness (QED) is 0.406. The zero-order valence-corrected chi connectivity index (χ0v) is 6.63. The molecule has 0 aliphatic rings. The highest BCUT2D eigenvalue weighted by Crippen LogP contribution is 2.02. The Morgan fingerprint density at radius 1 is 1.38 bits per heavy atom. The summed E-state index contributed by atoms with van der Waals surface area (Å²) in [6.45, 7) is 6.72. The lowest BCUT2D eigenvalue weighted by atomic mass is 9.99. The SMILES string of the molecule is CCCC[B]SCC. The first-order valence-electron chi connectivity index (χ1n) is 3.35. The molecule has 0 aliphatic carbocycles. The van der Waals surface area contributed by atoms with Gasteiger partial charge in [0.15, 0.2) is 6.56 Å². The van der Waals surface area contributed by atoms with Crippen LogP contribution in [0.5, 0.6) is 0 Å². The van der Waals surface area contributed by atoms with E-state index in [9.17, 15) is 0 Å². The predicted molar refractivity (Wildman–Crippen MR) is 43.6 cm³/mol. The molecule has 0 aromatic heterocycles. The van der Waals surface area contributed by atoms with E-state index in [0.29, 0.717) is 0 Å².